The molecule has 3 aromatic rings. The van der Waals surface area contributed by atoms with E-state index in [9.17, 15) is 0 Å². The summed E-state index contributed by atoms with van der Waals surface area (Å²) in [5.41, 5.74) is 3.51. The summed E-state index contributed by atoms with van der Waals surface area (Å²) in [5.74, 6) is 1.24. The van der Waals surface area contributed by atoms with Crippen LogP contribution >= 0.6 is 23.1 Å². The number of anilines is 2. The van der Waals surface area contributed by atoms with Crippen molar-refractivity contribution in [2.45, 2.75) is 37.3 Å². The Hall–Kier alpha value is -1.93. The average molecular weight is 347 g/mol. The van der Waals surface area contributed by atoms with Crippen molar-refractivity contribution >= 4 is 33.9 Å². The molecule has 120 valence electrons. The van der Waals surface area contributed by atoms with Gasteiger partial charge in [-0.15, -0.1) is 10.2 Å². The van der Waals surface area contributed by atoms with Crippen LogP contribution in [0.25, 0.3) is 0 Å². The van der Waals surface area contributed by atoms with Crippen LogP contribution in [0.15, 0.2) is 27.1 Å². The van der Waals surface area contributed by atoms with Crippen molar-refractivity contribution < 1.29 is 4.52 Å². The van der Waals surface area contributed by atoms with Gasteiger partial charge in [-0.05, 0) is 44.9 Å². The van der Waals surface area contributed by atoms with Crippen molar-refractivity contribution in [2.75, 3.05) is 5.32 Å². The van der Waals surface area contributed by atoms with Crippen molar-refractivity contribution in [3.63, 3.8) is 0 Å². The van der Waals surface area contributed by atoms with Crippen LogP contribution < -0.4 is 5.32 Å². The van der Waals surface area contributed by atoms with Gasteiger partial charge in [-0.3, -0.25) is 0 Å². The van der Waals surface area contributed by atoms with E-state index in [-0.39, 0.29) is 5.25 Å². The molecule has 2 heterocycles. The van der Waals surface area contributed by atoms with E-state index in [1.54, 1.807) is 11.8 Å². The van der Waals surface area contributed by atoms with Crippen LogP contribution in [0.2, 0.25) is 0 Å². The van der Waals surface area contributed by atoms with Gasteiger partial charge in [0, 0.05) is 5.69 Å². The average Bonchev–Trinajstić information content (AvgIpc) is 3.13. The van der Waals surface area contributed by atoms with E-state index in [4.69, 9.17) is 4.52 Å². The number of rotatable bonds is 5. The second-order valence-corrected chi connectivity index (χ2v) is 7.75. The highest BCUT2D eigenvalue weighted by atomic mass is 32.2. The van der Waals surface area contributed by atoms with E-state index >= 15 is 0 Å². The maximum atomic E-state index is 5.19. The van der Waals surface area contributed by atoms with E-state index in [1.807, 2.05) is 26.0 Å². The smallest absolute Gasteiger partial charge is 0.239 e. The van der Waals surface area contributed by atoms with Gasteiger partial charge in [-0.25, -0.2) is 0 Å². The molecule has 0 saturated heterocycles. The minimum Gasteiger partial charge on any atom is -0.338 e. The fourth-order valence-electron chi connectivity index (χ4n) is 1.99. The van der Waals surface area contributed by atoms with Gasteiger partial charge in [0.1, 0.15) is 0 Å². The monoisotopic (exact) mass is 347 g/mol. The van der Waals surface area contributed by atoms with Gasteiger partial charge in [0.05, 0.1) is 5.25 Å². The fraction of sp³-hybridized carbons (Fsp3) is 0.333. The number of hydrogen-bond acceptors (Lipinski definition) is 8. The van der Waals surface area contributed by atoms with Crippen LogP contribution in [0.5, 0.6) is 0 Å². The fourth-order valence-corrected chi connectivity index (χ4v) is 3.93. The number of aryl methyl sites for hydroxylation is 2. The van der Waals surface area contributed by atoms with Gasteiger partial charge in [0.25, 0.3) is 0 Å². The molecule has 8 heteroatoms. The summed E-state index contributed by atoms with van der Waals surface area (Å²) < 4.78 is 6.05. The van der Waals surface area contributed by atoms with E-state index in [0.29, 0.717) is 11.7 Å². The maximum Gasteiger partial charge on any atom is 0.239 e. The topological polar surface area (TPSA) is 76.7 Å². The number of thioether (sulfide) groups is 1. The molecule has 0 aliphatic heterocycles. The van der Waals surface area contributed by atoms with E-state index in [1.165, 1.54) is 22.5 Å². The van der Waals surface area contributed by atoms with Crippen LogP contribution in [0.4, 0.5) is 10.8 Å². The molecule has 1 unspecified atom stereocenters. The molecule has 0 bridgehead atoms. The zero-order valence-electron chi connectivity index (χ0n) is 13.3. The second kappa shape index (κ2) is 6.67. The lowest BCUT2D eigenvalue weighted by atomic mass is 10.1. The minimum absolute atomic E-state index is 0.0395. The Morgan fingerprint density at radius 2 is 2.04 bits per heavy atom. The van der Waals surface area contributed by atoms with Crippen molar-refractivity contribution in [1.82, 2.24) is 20.3 Å². The summed E-state index contributed by atoms with van der Waals surface area (Å²) in [7, 11) is 0. The van der Waals surface area contributed by atoms with Crippen molar-refractivity contribution in [3.05, 3.63) is 41.0 Å². The lowest BCUT2D eigenvalue weighted by Crippen LogP contribution is -1.94. The lowest BCUT2D eigenvalue weighted by molar-refractivity contribution is 0.376. The summed E-state index contributed by atoms with van der Waals surface area (Å²) >= 11 is 3.07. The first-order valence-electron chi connectivity index (χ1n) is 7.16. The number of nitrogens with zero attached hydrogens (tertiary/aromatic N) is 4. The molecular formula is C15H17N5OS2. The van der Waals surface area contributed by atoms with E-state index < -0.39 is 0 Å². The molecule has 2 aromatic heterocycles. The van der Waals surface area contributed by atoms with Crippen LogP contribution in [0.1, 0.15) is 35.0 Å². The highest BCUT2D eigenvalue weighted by molar-refractivity contribution is 8.01. The third kappa shape index (κ3) is 3.70. The molecule has 1 N–H and O–H groups in total. The molecule has 0 saturated carbocycles. The van der Waals surface area contributed by atoms with E-state index in [0.717, 1.165) is 15.2 Å². The van der Waals surface area contributed by atoms with Gasteiger partial charge in [-0.2, -0.15) is 4.98 Å². The second-order valence-electron chi connectivity index (χ2n) is 5.19. The van der Waals surface area contributed by atoms with Crippen LogP contribution in [0, 0.1) is 20.8 Å². The van der Waals surface area contributed by atoms with Gasteiger partial charge >= 0.3 is 0 Å². The molecule has 3 rings (SSSR count). The predicted molar refractivity (Wildman–Crippen MR) is 92.4 cm³/mol. The molecule has 0 radical (unpaired) electrons. The highest BCUT2D eigenvalue weighted by Gasteiger charge is 2.17. The number of hydrogen-bond donors (Lipinski definition) is 1. The molecular weight excluding hydrogens is 330 g/mol. The Labute approximate surface area is 142 Å². The molecule has 0 spiro atoms. The first-order valence-corrected chi connectivity index (χ1v) is 8.86. The molecule has 1 atom stereocenters. The highest BCUT2D eigenvalue weighted by Crippen LogP contribution is 2.37. The molecule has 6 nitrogen and oxygen atoms in total. The molecule has 0 aliphatic rings. The van der Waals surface area contributed by atoms with Gasteiger partial charge in [0.2, 0.25) is 11.0 Å². The Morgan fingerprint density at radius 1 is 1.22 bits per heavy atom. The zero-order chi connectivity index (χ0) is 16.4. The number of benzene rings is 1. The quantitative estimate of drug-likeness (QED) is 0.683. The number of nitrogens with one attached hydrogen (secondary N) is 1. The predicted octanol–water partition coefficient (Wildman–Crippen LogP) is 4.44. The Morgan fingerprint density at radius 3 is 2.78 bits per heavy atom. The van der Waals surface area contributed by atoms with Crippen LogP contribution in [-0.4, -0.2) is 20.3 Å². The third-order valence-corrected chi connectivity index (χ3v) is 5.43. The largest absolute Gasteiger partial charge is 0.338 e. The van der Waals surface area contributed by atoms with Crippen molar-refractivity contribution in [3.8, 4) is 0 Å². The molecule has 0 aliphatic carbocycles. The lowest BCUT2D eigenvalue weighted by Gasteiger charge is -2.08. The van der Waals surface area contributed by atoms with E-state index in [2.05, 4.69) is 45.6 Å². The molecule has 23 heavy (non-hydrogen) atoms. The maximum absolute atomic E-state index is 5.19. The SMILES string of the molecule is Cc1noc(C(C)Sc2nnc(Nc3cccc(C)c3C)s2)n1. The summed E-state index contributed by atoms with van der Waals surface area (Å²) in [4.78, 5) is 4.24. The first kappa shape index (κ1) is 15.9. The zero-order valence-corrected chi connectivity index (χ0v) is 15.0. The normalized spacial score (nSPS) is 12.3. The molecule has 0 amide bonds. The third-order valence-electron chi connectivity index (χ3n) is 3.42. The van der Waals surface area contributed by atoms with Gasteiger partial charge in [0.15, 0.2) is 10.2 Å². The van der Waals surface area contributed by atoms with Gasteiger partial charge < -0.3 is 9.84 Å². The van der Waals surface area contributed by atoms with Crippen molar-refractivity contribution in [1.29, 1.82) is 0 Å². The Kier molecular flexibility index (Phi) is 4.63. The summed E-state index contributed by atoms with van der Waals surface area (Å²) in [5, 5.41) is 16.4. The van der Waals surface area contributed by atoms with Crippen LogP contribution in [-0.2, 0) is 0 Å². The Bertz CT molecular complexity index is 814. The Balaban J connectivity index is 1.69. The minimum atomic E-state index is 0.0395. The van der Waals surface area contributed by atoms with Crippen molar-refractivity contribution in [2.24, 2.45) is 0 Å². The molecule has 1 aromatic carbocycles. The van der Waals surface area contributed by atoms with Crippen LogP contribution in [0.3, 0.4) is 0 Å². The summed E-state index contributed by atoms with van der Waals surface area (Å²) in [6, 6.07) is 6.16. The first-order chi connectivity index (χ1) is 11.0. The van der Waals surface area contributed by atoms with Gasteiger partial charge in [-0.1, -0.05) is 40.4 Å². The standard InChI is InChI=1S/C15H17N5OS2/c1-8-6-5-7-12(9(8)2)17-14-18-19-15(23-14)22-10(3)13-16-11(4)20-21-13/h5-7,10H,1-4H3,(H,17,18). The molecule has 0 fully saturated rings. The number of aromatic nitrogens is 4. The summed E-state index contributed by atoms with van der Waals surface area (Å²) in [6.07, 6.45) is 0. The summed E-state index contributed by atoms with van der Waals surface area (Å²) in [6.45, 7) is 8.00.